The average Bonchev–Trinajstić information content (AvgIpc) is 3.96. The first-order valence-corrected chi connectivity index (χ1v) is 21.8. The molecule has 0 aromatic heterocycles. The normalized spacial score (nSPS) is 25.2. The summed E-state index contributed by atoms with van der Waals surface area (Å²) in [6, 6.07) is 23.8. The number of benzene rings is 3. The van der Waals surface area contributed by atoms with Crippen LogP contribution in [-0.4, -0.2) is 65.7 Å². The van der Waals surface area contributed by atoms with Crippen LogP contribution in [0.4, 0.5) is 0 Å². The van der Waals surface area contributed by atoms with Crippen molar-refractivity contribution in [2.45, 2.75) is 146 Å². The SMILES string of the molecule is COc1cc(O)c2c3c1O[C@H]1[C@@H](N(CCCCc4ccccc4)C(=O)CCCCCCCCCCc4ccccc4)CC[C@H]4[C@@H](C2)N(CC2CC2)CC[C@@]341. The maximum atomic E-state index is 14.5. The van der Waals surface area contributed by atoms with Crippen LogP contribution >= 0.6 is 0 Å². The second-order valence-corrected chi connectivity index (χ2v) is 17.4. The predicted octanol–water partition coefficient (Wildman–Crippen LogP) is 9.82. The Bertz CT molecular complexity index is 1690. The Morgan fingerprint density at radius 2 is 1.50 bits per heavy atom. The molecule has 2 heterocycles. The maximum absolute atomic E-state index is 14.5. The molecule has 2 saturated carbocycles. The van der Waals surface area contributed by atoms with E-state index in [2.05, 4.69) is 70.5 Å². The molecule has 1 N–H and O–H groups in total. The van der Waals surface area contributed by atoms with Gasteiger partial charge in [-0.2, -0.15) is 0 Å². The Balaban J connectivity index is 0.935. The highest BCUT2D eigenvalue weighted by Crippen LogP contribution is 2.66. The summed E-state index contributed by atoms with van der Waals surface area (Å²) in [5.41, 5.74) is 4.92. The Hall–Kier alpha value is -3.51. The van der Waals surface area contributed by atoms with E-state index >= 15 is 0 Å². The highest BCUT2D eigenvalue weighted by molar-refractivity contribution is 5.77. The van der Waals surface area contributed by atoms with Gasteiger partial charge in [-0.15, -0.1) is 0 Å². The number of methoxy groups -OCH3 is 1. The molecule has 1 amide bonds. The molecule has 54 heavy (non-hydrogen) atoms. The summed E-state index contributed by atoms with van der Waals surface area (Å²) < 4.78 is 13.1. The first-order chi connectivity index (χ1) is 26.6. The number of amides is 1. The number of piperidine rings is 1. The van der Waals surface area contributed by atoms with Crippen molar-refractivity contribution in [3.63, 3.8) is 0 Å². The largest absolute Gasteiger partial charge is 0.508 e. The van der Waals surface area contributed by atoms with Crippen LogP contribution in [0.1, 0.15) is 125 Å². The molecular formula is C48H64N2O4. The Morgan fingerprint density at radius 3 is 2.17 bits per heavy atom. The second-order valence-electron chi connectivity index (χ2n) is 17.4. The Morgan fingerprint density at radius 1 is 0.852 bits per heavy atom. The summed E-state index contributed by atoms with van der Waals surface area (Å²) >= 11 is 0. The summed E-state index contributed by atoms with van der Waals surface area (Å²) in [4.78, 5) is 19.5. The molecule has 0 unspecified atom stereocenters. The topological polar surface area (TPSA) is 62.2 Å². The van der Waals surface area contributed by atoms with Crippen LogP contribution < -0.4 is 9.47 Å². The van der Waals surface area contributed by atoms with Gasteiger partial charge in [0.2, 0.25) is 5.91 Å². The third-order valence-electron chi connectivity index (χ3n) is 14.0. The van der Waals surface area contributed by atoms with Gasteiger partial charge in [-0.25, -0.2) is 0 Å². The smallest absolute Gasteiger partial charge is 0.222 e. The van der Waals surface area contributed by atoms with Gasteiger partial charge in [0.25, 0.3) is 0 Å². The van der Waals surface area contributed by atoms with E-state index in [0.29, 0.717) is 35.8 Å². The van der Waals surface area contributed by atoms with Gasteiger partial charge in [0.05, 0.1) is 13.2 Å². The molecule has 0 radical (unpaired) electrons. The van der Waals surface area contributed by atoms with Gasteiger partial charge in [0.15, 0.2) is 11.5 Å². The van der Waals surface area contributed by atoms with Gasteiger partial charge < -0.3 is 19.5 Å². The lowest BCUT2D eigenvalue weighted by atomic mass is 9.50. The molecule has 1 saturated heterocycles. The zero-order valence-corrected chi connectivity index (χ0v) is 32.9. The molecule has 5 aliphatic rings. The van der Waals surface area contributed by atoms with E-state index in [1.165, 1.54) is 81.0 Å². The number of aryl methyl sites for hydroxylation is 2. The molecule has 3 aliphatic carbocycles. The zero-order chi connectivity index (χ0) is 36.9. The van der Waals surface area contributed by atoms with Crippen LogP contribution in [0.3, 0.4) is 0 Å². The minimum absolute atomic E-state index is 0.0298. The van der Waals surface area contributed by atoms with Crippen molar-refractivity contribution in [2.75, 3.05) is 26.7 Å². The minimum atomic E-state index is -0.188. The average molecular weight is 733 g/mol. The van der Waals surface area contributed by atoms with Crippen LogP contribution in [0.2, 0.25) is 0 Å². The third-order valence-corrected chi connectivity index (χ3v) is 14.0. The number of carbonyl (C=O) groups is 1. The van der Waals surface area contributed by atoms with Gasteiger partial charge in [-0.3, -0.25) is 9.69 Å². The standard InChI is InChI=1S/C48H64N2O4/c1-53-43-33-42(51)38-32-41-39-27-28-40(47-48(39,45(38)46(43)54-47)29-31-49(41)34-37-25-26-37)50(30-17-16-23-36-21-13-9-14-22-36)44(52)24-15-7-5-3-2-4-6-10-18-35-19-11-8-12-20-35/h8-9,11-14,19-22,33,37,39-41,47,51H,2-7,10,15-18,23-32,34H2,1H3/t39-,40-,41+,47-,48-/m0/s1. The summed E-state index contributed by atoms with van der Waals surface area (Å²) in [6.45, 7) is 3.04. The monoisotopic (exact) mass is 732 g/mol. The molecule has 6 heteroatoms. The predicted molar refractivity (Wildman–Crippen MR) is 216 cm³/mol. The molecule has 290 valence electrons. The molecule has 5 atom stereocenters. The molecular weight excluding hydrogens is 669 g/mol. The highest BCUT2D eigenvalue weighted by atomic mass is 16.5. The summed E-state index contributed by atoms with van der Waals surface area (Å²) in [5, 5.41) is 11.5. The number of phenols is 1. The van der Waals surface area contributed by atoms with E-state index in [1.807, 2.05) is 0 Å². The minimum Gasteiger partial charge on any atom is -0.508 e. The van der Waals surface area contributed by atoms with Gasteiger partial charge >= 0.3 is 0 Å². The second kappa shape index (κ2) is 17.1. The van der Waals surface area contributed by atoms with Crippen LogP contribution in [0.15, 0.2) is 66.7 Å². The van der Waals surface area contributed by atoms with Gasteiger partial charge in [0, 0.05) is 48.2 Å². The lowest BCUT2D eigenvalue weighted by Crippen LogP contribution is -2.69. The molecule has 3 fully saturated rings. The maximum Gasteiger partial charge on any atom is 0.222 e. The number of carbonyl (C=O) groups excluding carboxylic acids is 1. The number of likely N-dealkylation sites (tertiary alicyclic amines) is 1. The highest BCUT2D eigenvalue weighted by Gasteiger charge is 2.67. The Kier molecular flexibility index (Phi) is 11.8. The van der Waals surface area contributed by atoms with E-state index in [4.69, 9.17) is 9.47 Å². The fourth-order valence-corrected chi connectivity index (χ4v) is 11.2. The number of rotatable bonds is 20. The van der Waals surface area contributed by atoms with Crippen LogP contribution in [0.25, 0.3) is 0 Å². The van der Waals surface area contributed by atoms with Crippen molar-refractivity contribution in [3.8, 4) is 17.2 Å². The number of nitrogens with zero attached hydrogens (tertiary/aromatic N) is 2. The lowest BCUT2D eigenvalue weighted by Gasteiger charge is -2.60. The van der Waals surface area contributed by atoms with Gasteiger partial charge in [-0.1, -0.05) is 99.2 Å². The van der Waals surface area contributed by atoms with Crippen molar-refractivity contribution < 1.29 is 19.4 Å². The molecule has 1 spiro atoms. The van der Waals surface area contributed by atoms with Crippen molar-refractivity contribution in [2.24, 2.45) is 11.8 Å². The quantitative estimate of drug-likeness (QED) is 0.117. The van der Waals surface area contributed by atoms with E-state index in [9.17, 15) is 9.90 Å². The first-order valence-electron chi connectivity index (χ1n) is 21.8. The van der Waals surface area contributed by atoms with E-state index in [0.717, 1.165) is 88.1 Å². The third kappa shape index (κ3) is 7.79. The molecule has 3 aromatic carbocycles. The van der Waals surface area contributed by atoms with Crippen LogP contribution in [0, 0.1) is 11.8 Å². The lowest BCUT2D eigenvalue weighted by molar-refractivity contribution is -0.143. The fourth-order valence-electron chi connectivity index (χ4n) is 11.2. The van der Waals surface area contributed by atoms with Crippen LogP contribution in [-0.2, 0) is 29.5 Å². The zero-order valence-electron chi connectivity index (χ0n) is 32.9. The number of hydrogen-bond acceptors (Lipinski definition) is 5. The summed E-state index contributed by atoms with van der Waals surface area (Å²) in [6.07, 6.45) is 21.2. The van der Waals surface area contributed by atoms with E-state index in [1.54, 1.807) is 13.2 Å². The van der Waals surface area contributed by atoms with Crippen molar-refractivity contribution in [3.05, 3.63) is 89.0 Å². The van der Waals surface area contributed by atoms with Gasteiger partial charge in [-0.05, 0) is 107 Å². The molecule has 2 aliphatic heterocycles. The Labute approximate surface area is 324 Å². The summed E-state index contributed by atoms with van der Waals surface area (Å²) in [5.74, 6) is 3.46. The molecule has 2 bridgehead atoms. The number of aromatic hydroxyl groups is 1. The van der Waals surface area contributed by atoms with Crippen molar-refractivity contribution in [1.82, 2.24) is 9.80 Å². The van der Waals surface area contributed by atoms with Crippen molar-refractivity contribution >= 4 is 5.91 Å². The molecule has 3 aromatic rings. The van der Waals surface area contributed by atoms with E-state index < -0.39 is 0 Å². The van der Waals surface area contributed by atoms with Gasteiger partial charge in [0.1, 0.15) is 11.9 Å². The molecule has 6 nitrogen and oxygen atoms in total. The number of ether oxygens (including phenoxy) is 2. The number of phenolic OH excluding ortho intramolecular Hbond substituents is 1. The number of hydrogen-bond donors (Lipinski definition) is 1. The number of unbranched alkanes of at least 4 members (excludes halogenated alkanes) is 8. The fraction of sp³-hybridized carbons (Fsp3) is 0.604. The van der Waals surface area contributed by atoms with E-state index in [-0.39, 0.29) is 17.6 Å². The summed E-state index contributed by atoms with van der Waals surface area (Å²) in [7, 11) is 1.69. The van der Waals surface area contributed by atoms with Crippen molar-refractivity contribution in [1.29, 1.82) is 0 Å². The van der Waals surface area contributed by atoms with Crippen LogP contribution in [0.5, 0.6) is 17.2 Å². The first kappa shape index (κ1) is 37.4. The molecule has 8 rings (SSSR count).